The lowest BCUT2D eigenvalue weighted by molar-refractivity contribution is 0.616. The standard InChI is InChI=1S/C13H21N5/c1-2-9-14-13-17-12(10-15-18-13)16-11-7-5-3-4-6-8-11/h2,10-11H,1,3-9H2,(H2,14,16,17,18). The molecule has 18 heavy (non-hydrogen) atoms. The van der Waals surface area contributed by atoms with Crippen LogP contribution in [-0.4, -0.2) is 27.8 Å². The molecule has 0 unspecified atom stereocenters. The molecule has 5 heteroatoms. The smallest absolute Gasteiger partial charge is 0.244 e. The highest BCUT2D eigenvalue weighted by Gasteiger charge is 2.12. The molecule has 0 atom stereocenters. The van der Waals surface area contributed by atoms with Gasteiger partial charge in [-0.2, -0.15) is 10.1 Å². The fraction of sp³-hybridized carbons (Fsp3) is 0.615. The Kier molecular flexibility index (Phi) is 4.93. The summed E-state index contributed by atoms with van der Waals surface area (Å²) in [7, 11) is 0. The van der Waals surface area contributed by atoms with Gasteiger partial charge in [0.05, 0.1) is 6.20 Å². The summed E-state index contributed by atoms with van der Waals surface area (Å²) in [6, 6.07) is 0.524. The highest BCUT2D eigenvalue weighted by atomic mass is 15.3. The van der Waals surface area contributed by atoms with Gasteiger partial charge in [-0.25, -0.2) is 0 Å². The van der Waals surface area contributed by atoms with Crippen molar-refractivity contribution in [2.75, 3.05) is 17.2 Å². The summed E-state index contributed by atoms with van der Waals surface area (Å²) in [5, 5.41) is 14.4. The number of aromatic nitrogens is 3. The number of rotatable bonds is 5. The second-order valence-electron chi connectivity index (χ2n) is 4.67. The van der Waals surface area contributed by atoms with Crippen LogP contribution in [0.1, 0.15) is 38.5 Å². The third kappa shape index (κ3) is 3.98. The maximum Gasteiger partial charge on any atom is 0.244 e. The Morgan fingerprint density at radius 1 is 1.28 bits per heavy atom. The Hall–Kier alpha value is -1.65. The van der Waals surface area contributed by atoms with Crippen LogP contribution in [-0.2, 0) is 0 Å². The Bertz CT molecular complexity index is 371. The lowest BCUT2D eigenvalue weighted by atomic mass is 10.1. The molecule has 1 fully saturated rings. The van der Waals surface area contributed by atoms with Crippen molar-refractivity contribution in [3.63, 3.8) is 0 Å². The van der Waals surface area contributed by atoms with Crippen molar-refractivity contribution in [1.29, 1.82) is 0 Å². The van der Waals surface area contributed by atoms with Gasteiger partial charge < -0.3 is 10.6 Å². The van der Waals surface area contributed by atoms with E-state index in [1.54, 1.807) is 12.3 Å². The molecule has 0 spiro atoms. The lowest BCUT2D eigenvalue weighted by Crippen LogP contribution is -2.19. The second-order valence-corrected chi connectivity index (χ2v) is 4.67. The van der Waals surface area contributed by atoms with Crippen molar-refractivity contribution in [3.8, 4) is 0 Å². The summed E-state index contributed by atoms with van der Waals surface area (Å²) in [5.74, 6) is 1.36. The van der Waals surface area contributed by atoms with E-state index in [9.17, 15) is 0 Å². The van der Waals surface area contributed by atoms with Crippen LogP contribution in [0.25, 0.3) is 0 Å². The summed E-state index contributed by atoms with van der Waals surface area (Å²) in [6.07, 6.45) is 11.2. The Morgan fingerprint density at radius 2 is 2.06 bits per heavy atom. The number of hydrogen-bond acceptors (Lipinski definition) is 5. The molecule has 1 saturated carbocycles. The maximum atomic E-state index is 4.39. The zero-order chi connectivity index (χ0) is 12.6. The van der Waals surface area contributed by atoms with Gasteiger partial charge in [0.2, 0.25) is 5.95 Å². The lowest BCUT2D eigenvalue weighted by Gasteiger charge is -2.16. The summed E-state index contributed by atoms with van der Waals surface area (Å²) in [4.78, 5) is 4.39. The Morgan fingerprint density at radius 3 is 2.78 bits per heavy atom. The summed E-state index contributed by atoms with van der Waals surface area (Å²) >= 11 is 0. The molecule has 1 aromatic heterocycles. The summed E-state index contributed by atoms with van der Waals surface area (Å²) in [6.45, 7) is 4.30. The van der Waals surface area contributed by atoms with E-state index in [1.165, 1.54) is 38.5 Å². The first-order valence-corrected chi connectivity index (χ1v) is 6.69. The second kappa shape index (κ2) is 6.93. The zero-order valence-corrected chi connectivity index (χ0v) is 10.7. The van der Waals surface area contributed by atoms with Crippen LogP contribution in [0.3, 0.4) is 0 Å². The van der Waals surface area contributed by atoms with Crippen molar-refractivity contribution < 1.29 is 0 Å². The largest absolute Gasteiger partial charge is 0.366 e. The molecule has 2 rings (SSSR count). The van der Waals surface area contributed by atoms with Crippen LogP contribution in [0.2, 0.25) is 0 Å². The molecule has 2 N–H and O–H groups in total. The molecule has 5 nitrogen and oxygen atoms in total. The first-order chi connectivity index (χ1) is 8.88. The van der Waals surface area contributed by atoms with E-state index in [0.29, 0.717) is 18.5 Å². The number of nitrogens with zero attached hydrogens (tertiary/aromatic N) is 3. The van der Waals surface area contributed by atoms with E-state index in [2.05, 4.69) is 32.4 Å². The normalized spacial score (nSPS) is 16.9. The van der Waals surface area contributed by atoms with Gasteiger partial charge in [-0.05, 0) is 12.8 Å². The maximum absolute atomic E-state index is 4.39. The first kappa shape index (κ1) is 12.8. The molecule has 1 aromatic rings. The molecule has 0 radical (unpaired) electrons. The molecular formula is C13H21N5. The van der Waals surface area contributed by atoms with Crippen molar-refractivity contribution in [2.24, 2.45) is 0 Å². The minimum atomic E-state index is 0.524. The van der Waals surface area contributed by atoms with Crippen LogP contribution < -0.4 is 10.6 Å². The molecule has 1 aliphatic rings. The van der Waals surface area contributed by atoms with E-state index in [4.69, 9.17) is 0 Å². The molecule has 0 aliphatic heterocycles. The van der Waals surface area contributed by atoms with E-state index >= 15 is 0 Å². The molecule has 0 amide bonds. The van der Waals surface area contributed by atoms with Crippen LogP contribution >= 0.6 is 0 Å². The van der Waals surface area contributed by atoms with Crippen LogP contribution in [0.4, 0.5) is 11.8 Å². The van der Waals surface area contributed by atoms with Crippen molar-refractivity contribution in [2.45, 2.75) is 44.6 Å². The SMILES string of the molecule is C=CCNc1nncc(NC2CCCCCC2)n1. The third-order valence-corrected chi connectivity index (χ3v) is 3.17. The average Bonchev–Trinajstić information content (AvgIpc) is 2.65. The third-order valence-electron chi connectivity index (χ3n) is 3.17. The van der Waals surface area contributed by atoms with E-state index in [1.807, 2.05) is 0 Å². The van der Waals surface area contributed by atoms with E-state index in [-0.39, 0.29) is 0 Å². The van der Waals surface area contributed by atoms with E-state index < -0.39 is 0 Å². The van der Waals surface area contributed by atoms with Gasteiger partial charge in [0.25, 0.3) is 0 Å². The van der Waals surface area contributed by atoms with Gasteiger partial charge in [-0.15, -0.1) is 11.7 Å². The molecule has 0 saturated heterocycles. The van der Waals surface area contributed by atoms with Gasteiger partial charge in [0, 0.05) is 12.6 Å². The molecule has 1 aliphatic carbocycles. The molecular weight excluding hydrogens is 226 g/mol. The number of anilines is 2. The van der Waals surface area contributed by atoms with Gasteiger partial charge in [-0.3, -0.25) is 0 Å². The van der Waals surface area contributed by atoms with Gasteiger partial charge in [-0.1, -0.05) is 31.8 Å². The van der Waals surface area contributed by atoms with Crippen LogP contribution in [0.5, 0.6) is 0 Å². The van der Waals surface area contributed by atoms with Gasteiger partial charge >= 0.3 is 0 Å². The minimum absolute atomic E-state index is 0.524. The number of hydrogen-bond donors (Lipinski definition) is 2. The van der Waals surface area contributed by atoms with Crippen molar-refractivity contribution >= 4 is 11.8 Å². The monoisotopic (exact) mass is 247 g/mol. The average molecular weight is 247 g/mol. The molecule has 0 aromatic carbocycles. The fourth-order valence-electron chi connectivity index (χ4n) is 2.24. The number of nitrogens with one attached hydrogen (secondary N) is 2. The highest BCUT2D eigenvalue weighted by molar-refractivity contribution is 5.38. The minimum Gasteiger partial charge on any atom is -0.366 e. The molecule has 0 bridgehead atoms. The highest BCUT2D eigenvalue weighted by Crippen LogP contribution is 2.20. The zero-order valence-electron chi connectivity index (χ0n) is 10.7. The first-order valence-electron chi connectivity index (χ1n) is 6.69. The van der Waals surface area contributed by atoms with Gasteiger partial charge in [0.15, 0.2) is 5.82 Å². The quantitative estimate of drug-likeness (QED) is 0.618. The Labute approximate surface area is 108 Å². The summed E-state index contributed by atoms with van der Waals surface area (Å²) < 4.78 is 0. The Balaban J connectivity index is 1.92. The summed E-state index contributed by atoms with van der Waals surface area (Å²) in [5.41, 5.74) is 0. The van der Waals surface area contributed by atoms with Crippen molar-refractivity contribution in [3.05, 3.63) is 18.9 Å². The van der Waals surface area contributed by atoms with Gasteiger partial charge in [0.1, 0.15) is 0 Å². The fourth-order valence-corrected chi connectivity index (χ4v) is 2.24. The molecule has 98 valence electrons. The topological polar surface area (TPSA) is 62.7 Å². The van der Waals surface area contributed by atoms with Crippen molar-refractivity contribution in [1.82, 2.24) is 15.2 Å². The van der Waals surface area contributed by atoms with Crippen LogP contribution in [0, 0.1) is 0 Å². The van der Waals surface area contributed by atoms with Crippen LogP contribution in [0.15, 0.2) is 18.9 Å². The predicted octanol–water partition coefficient (Wildman–Crippen LogP) is 2.60. The van der Waals surface area contributed by atoms with E-state index in [0.717, 1.165) is 5.82 Å². The predicted molar refractivity (Wildman–Crippen MR) is 73.6 cm³/mol. The molecule has 1 heterocycles.